The molecule has 0 unspecified atom stereocenters. The highest BCUT2D eigenvalue weighted by Crippen LogP contribution is 2.32. The van der Waals surface area contributed by atoms with Crippen LogP contribution >= 0.6 is 0 Å². The molecule has 1 aliphatic heterocycles. The third-order valence-electron chi connectivity index (χ3n) is 5.48. The minimum absolute atomic E-state index is 0.0818. The Hall–Kier alpha value is -3.46. The van der Waals surface area contributed by atoms with Gasteiger partial charge in [0.25, 0.3) is 5.91 Å². The number of rotatable bonds is 6. The van der Waals surface area contributed by atoms with Gasteiger partial charge < -0.3 is 26.1 Å². The van der Waals surface area contributed by atoms with Gasteiger partial charge in [0.05, 0.1) is 0 Å². The van der Waals surface area contributed by atoms with Crippen molar-refractivity contribution < 1.29 is 18.0 Å². The summed E-state index contributed by atoms with van der Waals surface area (Å²) in [7, 11) is 0. The molecule has 0 radical (unpaired) electrons. The average molecular weight is 427 g/mol. The molecule has 0 atom stereocenters. The second-order valence-corrected chi connectivity index (χ2v) is 7.50. The first kappa shape index (κ1) is 20.8. The molecule has 31 heavy (non-hydrogen) atoms. The van der Waals surface area contributed by atoms with E-state index in [1.54, 1.807) is 0 Å². The molecule has 2 aromatic carbocycles. The molecule has 3 aromatic rings. The van der Waals surface area contributed by atoms with Crippen LogP contribution in [0.3, 0.4) is 0 Å². The quantitative estimate of drug-likeness (QED) is 0.554. The van der Waals surface area contributed by atoms with Crippen molar-refractivity contribution in [3.05, 3.63) is 59.8 Å². The fourth-order valence-corrected chi connectivity index (χ4v) is 3.69. The molecule has 0 spiro atoms. The van der Waals surface area contributed by atoms with Crippen LogP contribution in [0.2, 0.25) is 0 Å². The van der Waals surface area contributed by atoms with Crippen molar-refractivity contribution in [1.29, 1.82) is 0 Å². The van der Waals surface area contributed by atoms with E-state index in [9.17, 15) is 13.6 Å². The van der Waals surface area contributed by atoms with Crippen molar-refractivity contribution >= 4 is 23.2 Å². The summed E-state index contributed by atoms with van der Waals surface area (Å²) >= 11 is 0. The number of anilines is 3. The van der Waals surface area contributed by atoms with E-state index in [-0.39, 0.29) is 17.5 Å². The van der Waals surface area contributed by atoms with Crippen molar-refractivity contribution in [2.75, 3.05) is 29.9 Å². The number of carbonyl (C=O) groups excluding carboxylic acids is 1. The van der Waals surface area contributed by atoms with Crippen molar-refractivity contribution in [3.8, 4) is 11.5 Å². The summed E-state index contributed by atoms with van der Waals surface area (Å²) in [6.07, 6.45) is 2.12. The Kier molecular flexibility index (Phi) is 5.85. The Morgan fingerprint density at radius 2 is 1.77 bits per heavy atom. The van der Waals surface area contributed by atoms with Gasteiger partial charge in [-0.25, -0.2) is 13.8 Å². The number of hydrogen-bond acceptors (Lipinski definition) is 6. The van der Waals surface area contributed by atoms with Gasteiger partial charge in [0.2, 0.25) is 11.8 Å². The zero-order valence-electron chi connectivity index (χ0n) is 16.8. The van der Waals surface area contributed by atoms with Gasteiger partial charge in [-0.2, -0.15) is 0 Å². The number of carbonyl (C=O) groups is 1. The van der Waals surface area contributed by atoms with E-state index in [0.29, 0.717) is 11.6 Å². The zero-order valence-corrected chi connectivity index (χ0v) is 16.8. The first-order valence-corrected chi connectivity index (χ1v) is 10.0. The van der Waals surface area contributed by atoms with Crippen molar-refractivity contribution in [3.63, 3.8) is 0 Å². The number of aromatic nitrogens is 1. The van der Waals surface area contributed by atoms with Crippen LogP contribution in [-0.2, 0) is 0 Å². The highest BCUT2D eigenvalue weighted by molar-refractivity contribution is 5.96. The summed E-state index contributed by atoms with van der Waals surface area (Å²) in [6.45, 7) is 2.61. The third kappa shape index (κ3) is 4.36. The van der Waals surface area contributed by atoms with Gasteiger partial charge in [-0.1, -0.05) is 6.07 Å². The van der Waals surface area contributed by atoms with Crippen molar-refractivity contribution in [2.24, 2.45) is 17.4 Å². The van der Waals surface area contributed by atoms with E-state index in [1.807, 2.05) is 24.3 Å². The maximum atomic E-state index is 14.1. The Morgan fingerprint density at radius 1 is 1.13 bits per heavy atom. The summed E-state index contributed by atoms with van der Waals surface area (Å²) in [5, 5.41) is 2.92. The number of oxazole rings is 1. The minimum Gasteiger partial charge on any atom is -0.419 e. The number of primary amides is 1. The molecule has 0 aliphatic carbocycles. The van der Waals surface area contributed by atoms with Gasteiger partial charge >= 0.3 is 0 Å². The Bertz CT molecular complexity index is 1060. The molecule has 1 aromatic heterocycles. The number of nitrogens with one attached hydrogen (secondary N) is 1. The molecule has 1 amide bonds. The van der Waals surface area contributed by atoms with Crippen molar-refractivity contribution in [1.82, 2.24) is 4.98 Å². The van der Waals surface area contributed by atoms with Gasteiger partial charge in [0, 0.05) is 24.5 Å². The standard InChI is InChI=1S/C22H23F2N5O2/c23-16-2-1-3-17(24)18(16)21-28-19(20(26)30)22(31-21)27-14-4-6-15(7-5-14)29-10-8-13(12-25)9-11-29/h1-7,13,27H,8-12,25H2,(H2,26,30). The van der Waals surface area contributed by atoms with Gasteiger partial charge in [0.15, 0.2) is 5.69 Å². The molecule has 5 N–H and O–H groups in total. The highest BCUT2D eigenvalue weighted by atomic mass is 19.1. The second-order valence-electron chi connectivity index (χ2n) is 7.50. The summed E-state index contributed by atoms with van der Waals surface area (Å²) < 4.78 is 33.6. The number of amides is 1. The number of nitrogens with zero attached hydrogens (tertiary/aromatic N) is 2. The fourth-order valence-electron chi connectivity index (χ4n) is 3.69. The molecule has 0 bridgehead atoms. The molecule has 9 heteroatoms. The molecule has 1 aliphatic rings. The molecule has 1 saturated heterocycles. The Morgan fingerprint density at radius 3 is 2.35 bits per heavy atom. The predicted octanol–water partition coefficient (Wildman–Crippen LogP) is 3.64. The topological polar surface area (TPSA) is 110 Å². The summed E-state index contributed by atoms with van der Waals surface area (Å²) in [6, 6.07) is 10.9. The van der Waals surface area contributed by atoms with E-state index in [4.69, 9.17) is 15.9 Å². The summed E-state index contributed by atoms with van der Waals surface area (Å²) in [4.78, 5) is 18.0. The van der Waals surface area contributed by atoms with Crippen LogP contribution in [0.15, 0.2) is 46.9 Å². The van der Waals surface area contributed by atoms with E-state index < -0.39 is 23.1 Å². The fraction of sp³-hybridized carbons (Fsp3) is 0.273. The maximum absolute atomic E-state index is 14.1. The maximum Gasteiger partial charge on any atom is 0.273 e. The molecule has 162 valence electrons. The number of benzene rings is 2. The molecule has 0 saturated carbocycles. The third-order valence-corrected chi connectivity index (χ3v) is 5.48. The Balaban J connectivity index is 1.55. The lowest BCUT2D eigenvalue weighted by atomic mass is 9.97. The molecular formula is C22H23F2N5O2. The lowest BCUT2D eigenvalue weighted by Gasteiger charge is -2.33. The van der Waals surface area contributed by atoms with E-state index >= 15 is 0 Å². The van der Waals surface area contributed by atoms with E-state index in [2.05, 4.69) is 15.2 Å². The van der Waals surface area contributed by atoms with Gasteiger partial charge in [-0.05, 0) is 61.7 Å². The van der Waals surface area contributed by atoms with Crippen LogP contribution in [0.5, 0.6) is 0 Å². The van der Waals surface area contributed by atoms with Crippen LogP contribution in [0.25, 0.3) is 11.5 Å². The Labute approximate surface area is 178 Å². The average Bonchev–Trinajstić information content (AvgIpc) is 3.18. The number of hydrogen-bond donors (Lipinski definition) is 3. The predicted molar refractivity (Wildman–Crippen MR) is 114 cm³/mol. The van der Waals surface area contributed by atoms with Crippen LogP contribution in [-0.4, -0.2) is 30.5 Å². The SMILES string of the molecule is NCC1CCN(c2ccc(Nc3oc(-c4c(F)cccc4F)nc3C(N)=O)cc2)CC1. The molecule has 7 nitrogen and oxygen atoms in total. The molecule has 2 heterocycles. The minimum atomic E-state index is -0.881. The van der Waals surface area contributed by atoms with Crippen LogP contribution in [0, 0.1) is 17.6 Å². The normalized spacial score (nSPS) is 14.6. The number of nitrogens with two attached hydrogens (primary N) is 2. The van der Waals surface area contributed by atoms with Crippen LogP contribution in [0.1, 0.15) is 23.3 Å². The molecular weight excluding hydrogens is 404 g/mol. The largest absolute Gasteiger partial charge is 0.419 e. The van der Waals surface area contributed by atoms with Gasteiger partial charge in [-0.15, -0.1) is 0 Å². The van der Waals surface area contributed by atoms with E-state index in [0.717, 1.165) is 50.3 Å². The molecule has 4 rings (SSSR count). The lowest BCUT2D eigenvalue weighted by Crippen LogP contribution is -2.35. The zero-order chi connectivity index (χ0) is 22.0. The number of piperidine rings is 1. The van der Waals surface area contributed by atoms with Gasteiger partial charge in [0.1, 0.15) is 17.2 Å². The van der Waals surface area contributed by atoms with Crippen LogP contribution in [0.4, 0.5) is 26.0 Å². The van der Waals surface area contributed by atoms with Crippen molar-refractivity contribution in [2.45, 2.75) is 12.8 Å². The summed E-state index contributed by atoms with van der Waals surface area (Å²) in [5.41, 5.74) is 12.1. The monoisotopic (exact) mass is 427 g/mol. The van der Waals surface area contributed by atoms with Crippen LogP contribution < -0.4 is 21.7 Å². The van der Waals surface area contributed by atoms with Gasteiger partial charge in [-0.3, -0.25) is 4.79 Å². The second kappa shape index (κ2) is 8.73. The summed E-state index contributed by atoms with van der Waals surface area (Å²) in [5.74, 6) is -2.47. The smallest absolute Gasteiger partial charge is 0.273 e. The lowest BCUT2D eigenvalue weighted by molar-refractivity contribution is 0.0996. The highest BCUT2D eigenvalue weighted by Gasteiger charge is 2.24. The molecule has 1 fully saturated rings. The van der Waals surface area contributed by atoms with E-state index in [1.165, 1.54) is 6.07 Å². The first-order chi connectivity index (χ1) is 15.0. The number of halogens is 2. The first-order valence-electron chi connectivity index (χ1n) is 10.0.